The fourth-order valence-electron chi connectivity index (χ4n) is 4.59. The third-order valence-electron chi connectivity index (χ3n) is 6.02. The highest BCUT2D eigenvalue weighted by Gasteiger charge is 2.36. The second kappa shape index (κ2) is 6.76. The minimum atomic E-state index is 0.565. The van der Waals surface area contributed by atoms with Gasteiger partial charge in [0.05, 0.1) is 0 Å². The Labute approximate surface area is 125 Å². The minimum Gasteiger partial charge on any atom is -0.316 e. The molecule has 0 aliphatic carbocycles. The van der Waals surface area contributed by atoms with Crippen molar-refractivity contribution in [3.05, 3.63) is 0 Å². The van der Waals surface area contributed by atoms with E-state index in [2.05, 4.69) is 22.0 Å². The Balaban J connectivity index is 1.51. The molecule has 0 radical (unpaired) electrons. The number of nitrogens with one attached hydrogen (secondary N) is 1. The molecule has 2 atom stereocenters. The van der Waals surface area contributed by atoms with Crippen molar-refractivity contribution in [1.29, 1.82) is 0 Å². The van der Waals surface area contributed by atoms with E-state index in [0.29, 0.717) is 5.41 Å². The molecule has 3 rings (SSSR count). The van der Waals surface area contributed by atoms with E-state index in [1.807, 2.05) is 0 Å². The standard InChI is InChI=1S/C17H33N3/c1-2-17(8-6-9-18-14-17)15-19-12-7-16(13-19)20-10-4-3-5-11-20/h16,18H,2-15H2,1H3. The first-order valence-electron chi connectivity index (χ1n) is 8.98. The van der Waals surface area contributed by atoms with Crippen LogP contribution in [0.4, 0.5) is 0 Å². The molecule has 3 nitrogen and oxygen atoms in total. The molecule has 3 fully saturated rings. The molecule has 3 heteroatoms. The zero-order valence-electron chi connectivity index (χ0n) is 13.4. The first-order valence-corrected chi connectivity index (χ1v) is 8.98. The van der Waals surface area contributed by atoms with Gasteiger partial charge < -0.3 is 10.2 Å². The van der Waals surface area contributed by atoms with Gasteiger partial charge in [-0.1, -0.05) is 13.3 Å². The van der Waals surface area contributed by atoms with Gasteiger partial charge in [-0.15, -0.1) is 0 Å². The van der Waals surface area contributed by atoms with Gasteiger partial charge in [0.1, 0.15) is 0 Å². The zero-order valence-corrected chi connectivity index (χ0v) is 13.4. The van der Waals surface area contributed by atoms with E-state index in [4.69, 9.17) is 0 Å². The normalized spacial score (nSPS) is 37.4. The van der Waals surface area contributed by atoms with Crippen molar-refractivity contribution in [3.8, 4) is 0 Å². The Morgan fingerprint density at radius 3 is 2.65 bits per heavy atom. The average molecular weight is 279 g/mol. The van der Waals surface area contributed by atoms with Crippen LogP contribution < -0.4 is 5.32 Å². The van der Waals surface area contributed by atoms with E-state index in [1.54, 1.807) is 0 Å². The van der Waals surface area contributed by atoms with E-state index in [0.717, 1.165) is 6.04 Å². The lowest BCUT2D eigenvalue weighted by Crippen LogP contribution is -2.48. The number of piperidine rings is 2. The zero-order chi connectivity index (χ0) is 13.8. The third-order valence-corrected chi connectivity index (χ3v) is 6.02. The highest BCUT2D eigenvalue weighted by molar-refractivity contribution is 4.92. The molecule has 116 valence electrons. The van der Waals surface area contributed by atoms with E-state index in [-0.39, 0.29) is 0 Å². The summed E-state index contributed by atoms with van der Waals surface area (Å²) < 4.78 is 0. The van der Waals surface area contributed by atoms with Crippen LogP contribution in [0.5, 0.6) is 0 Å². The van der Waals surface area contributed by atoms with Crippen molar-refractivity contribution in [3.63, 3.8) is 0 Å². The maximum atomic E-state index is 3.64. The third kappa shape index (κ3) is 3.37. The first kappa shape index (κ1) is 14.8. The molecule has 3 saturated heterocycles. The smallest absolute Gasteiger partial charge is 0.0235 e. The van der Waals surface area contributed by atoms with Crippen LogP contribution in [0.1, 0.15) is 51.9 Å². The van der Waals surface area contributed by atoms with Gasteiger partial charge >= 0.3 is 0 Å². The van der Waals surface area contributed by atoms with Crippen LogP contribution in [0.3, 0.4) is 0 Å². The van der Waals surface area contributed by atoms with E-state index < -0.39 is 0 Å². The number of likely N-dealkylation sites (tertiary alicyclic amines) is 2. The van der Waals surface area contributed by atoms with Gasteiger partial charge in [0, 0.05) is 25.7 Å². The average Bonchev–Trinajstić information content (AvgIpc) is 2.97. The summed E-state index contributed by atoms with van der Waals surface area (Å²) >= 11 is 0. The molecule has 0 spiro atoms. The second-order valence-corrected chi connectivity index (χ2v) is 7.41. The van der Waals surface area contributed by atoms with Crippen LogP contribution >= 0.6 is 0 Å². The minimum absolute atomic E-state index is 0.565. The van der Waals surface area contributed by atoms with Gasteiger partial charge in [0.2, 0.25) is 0 Å². The van der Waals surface area contributed by atoms with Gasteiger partial charge in [0.15, 0.2) is 0 Å². The summed E-state index contributed by atoms with van der Waals surface area (Å²) in [5.41, 5.74) is 0.565. The van der Waals surface area contributed by atoms with Gasteiger partial charge in [-0.25, -0.2) is 0 Å². The Kier molecular flexibility index (Phi) is 5.00. The van der Waals surface area contributed by atoms with E-state index >= 15 is 0 Å². The van der Waals surface area contributed by atoms with Crippen molar-refractivity contribution in [2.75, 3.05) is 45.8 Å². The molecule has 3 heterocycles. The molecule has 0 amide bonds. The molecule has 3 aliphatic rings. The SMILES string of the molecule is CCC1(CN2CCC(N3CCCCC3)C2)CCCNC1. The van der Waals surface area contributed by atoms with Crippen molar-refractivity contribution < 1.29 is 0 Å². The van der Waals surface area contributed by atoms with Crippen LogP contribution in [-0.4, -0.2) is 61.7 Å². The predicted molar refractivity (Wildman–Crippen MR) is 85.1 cm³/mol. The topological polar surface area (TPSA) is 18.5 Å². The van der Waals surface area contributed by atoms with Crippen molar-refractivity contribution >= 4 is 0 Å². The van der Waals surface area contributed by atoms with Crippen LogP contribution in [0.2, 0.25) is 0 Å². The molecule has 0 aromatic heterocycles. The lowest BCUT2D eigenvalue weighted by molar-refractivity contribution is 0.113. The van der Waals surface area contributed by atoms with Gasteiger partial charge in [-0.2, -0.15) is 0 Å². The van der Waals surface area contributed by atoms with Crippen molar-refractivity contribution in [2.24, 2.45) is 5.41 Å². The van der Waals surface area contributed by atoms with Gasteiger partial charge in [-0.05, 0) is 70.1 Å². The summed E-state index contributed by atoms with van der Waals surface area (Å²) in [5.74, 6) is 0. The summed E-state index contributed by atoms with van der Waals surface area (Å²) in [5, 5.41) is 3.64. The van der Waals surface area contributed by atoms with Crippen LogP contribution in [0.25, 0.3) is 0 Å². The molecule has 20 heavy (non-hydrogen) atoms. The Bertz CT molecular complexity index is 293. The van der Waals surface area contributed by atoms with Gasteiger partial charge in [0.25, 0.3) is 0 Å². The summed E-state index contributed by atoms with van der Waals surface area (Å²) in [6.45, 7) is 11.6. The van der Waals surface area contributed by atoms with Crippen LogP contribution in [-0.2, 0) is 0 Å². The fourth-order valence-corrected chi connectivity index (χ4v) is 4.59. The van der Waals surface area contributed by atoms with E-state index in [1.165, 1.54) is 90.8 Å². The summed E-state index contributed by atoms with van der Waals surface area (Å²) in [6.07, 6.45) is 9.87. The lowest BCUT2D eigenvalue weighted by Gasteiger charge is -2.40. The number of rotatable bonds is 4. The number of hydrogen-bond acceptors (Lipinski definition) is 3. The quantitative estimate of drug-likeness (QED) is 0.852. The first-order chi connectivity index (χ1) is 9.81. The predicted octanol–water partition coefficient (Wildman–Crippen LogP) is 2.33. The highest BCUT2D eigenvalue weighted by Crippen LogP contribution is 2.32. The molecule has 0 saturated carbocycles. The molecular weight excluding hydrogens is 246 g/mol. The van der Waals surface area contributed by atoms with Gasteiger partial charge in [-0.3, -0.25) is 4.90 Å². The highest BCUT2D eigenvalue weighted by atomic mass is 15.3. The monoisotopic (exact) mass is 279 g/mol. The maximum Gasteiger partial charge on any atom is 0.0235 e. The van der Waals surface area contributed by atoms with Crippen LogP contribution in [0.15, 0.2) is 0 Å². The molecule has 3 aliphatic heterocycles. The molecular formula is C17H33N3. The summed E-state index contributed by atoms with van der Waals surface area (Å²) in [7, 11) is 0. The van der Waals surface area contributed by atoms with E-state index in [9.17, 15) is 0 Å². The fraction of sp³-hybridized carbons (Fsp3) is 1.00. The largest absolute Gasteiger partial charge is 0.316 e. The molecule has 1 N–H and O–H groups in total. The van der Waals surface area contributed by atoms with Crippen molar-refractivity contribution in [1.82, 2.24) is 15.1 Å². The lowest BCUT2D eigenvalue weighted by atomic mass is 9.78. The molecule has 0 aromatic rings. The van der Waals surface area contributed by atoms with Crippen LogP contribution in [0, 0.1) is 5.41 Å². The summed E-state index contributed by atoms with van der Waals surface area (Å²) in [6, 6.07) is 0.862. The second-order valence-electron chi connectivity index (χ2n) is 7.41. The molecule has 0 aromatic carbocycles. The van der Waals surface area contributed by atoms with Crippen molar-refractivity contribution in [2.45, 2.75) is 57.9 Å². The number of hydrogen-bond donors (Lipinski definition) is 1. The Morgan fingerprint density at radius 1 is 1.10 bits per heavy atom. The Hall–Kier alpha value is -0.120. The summed E-state index contributed by atoms with van der Waals surface area (Å²) in [4.78, 5) is 5.55. The maximum absolute atomic E-state index is 3.64. The Morgan fingerprint density at radius 2 is 1.95 bits per heavy atom. The number of nitrogens with zero attached hydrogens (tertiary/aromatic N) is 2. The molecule has 0 bridgehead atoms. The molecule has 2 unspecified atom stereocenters.